The van der Waals surface area contributed by atoms with Gasteiger partial charge in [-0.3, -0.25) is 0 Å². The van der Waals surface area contributed by atoms with Crippen molar-refractivity contribution in [3.63, 3.8) is 0 Å². The van der Waals surface area contributed by atoms with Crippen molar-refractivity contribution < 1.29 is 0 Å². The van der Waals surface area contributed by atoms with Crippen LogP contribution in [-0.4, -0.2) is 0 Å². The standard InChI is InChI=1S/C28H32/c1-5-20-21(6-2)23(8-4)28(22(20)7-3)27-18-26(19-14-10-9-11-15-19)24-16-12-13-17-25(24)27/h9-18,27-28H,5-8H2,1-4H3. The van der Waals surface area contributed by atoms with E-state index in [-0.39, 0.29) is 0 Å². The minimum Gasteiger partial charge on any atom is -0.0676 e. The van der Waals surface area contributed by atoms with E-state index in [9.17, 15) is 0 Å². The van der Waals surface area contributed by atoms with E-state index in [4.69, 9.17) is 0 Å². The molecule has 1 unspecified atom stereocenters. The van der Waals surface area contributed by atoms with E-state index in [1.54, 1.807) is 22.3 Å². The van der Waals surface area contributed by atoms with Crippen molar-refractivity contribution in [3.8, 4) is 0 Å². The molecular formula is C28H32. The third kappa shape index (κ3) is 2.91. The Labute approximate surface area is 170 Å². The summed E-state index contributed by atoms with van der Waals surface area (Å²) in [4.78, 5) is 0. The molecule has 0 heterocycles. The van der Waals surface area contributed by atoms with E-state index in [1.807, 2.05) is 0 Å². The second-order valence-corrected chi connectivity index (χ2v) is 7.96. The van der Waals surface area contributed by atoms with Crippen LogP contribution in [0.2, 0.25) is 0 Å². The number of benzene rings is 2. The van der Waals surface area contributed by atoms with Gasteiger partial charge in [-0.25, -0.2) is 0 Å². The topological polar surface area (TPSA) is 0 Å². The third-order valence-corrected chi connectivity index (χ3v) is 6.76. The largest absolute Gasteiger partial charge is 0.0676 e. The Morgan fingerprint density at radius 3 is 1.79 bits per heavy atom. The van der Waals surface area contributed by atoms with Gasteiger partial charge in [0.05, 0.1) is 0 Å². The lowest BCUT2D eigenvalue weighted by molar-refractivity contribution is 0.610. The average molecular weight is 369 g/mol. The summed E-state index contributed by atoms with van der Waals surface area (Å²) >= 11 is 0. The van der Waals surface area contributed by atoms with Gasteiger partial charge in [-0.15, -0.1) is 0 Å². The van der Waals surface area contributed by atoms with Gasteiger partial charge in [0, 0.05) is 11.8 Å². The molecule has 0 radical (unpaired) electrons. The summed E-state index contributed by atoms with van der Waals surface area (Å²) in [5.41, 5.74) is 12.4. The van der Waals surface area contributed by atoms with Gasteiger partial charge in [-0.2, -0.15) is 0 Å². The van der Waals surface area contributed by atoms with Crippen LogP contribution in [0.5, 0.6) is 0 Å². The van der Waals surface area contributed by atoms with Crippen molar-refractivity contribution in [2.75, 3.05) is 0 Å². The van der Waals surface area contributed by atoms with Crippen LogP contribution in [0.25, 0.3) is 5.57 Å². The molecule has 0 aromatic heterocycles. The van der Waals surface area contributed by atoms with Gasteiger partial charge in [0.1, 0.15) is 0 Å². The summed E-state index contributed by atoms with van der Waals surface area (Å²) in [5.74, 6) is 1.00. The lowest BCUT2D eigenvalue weighted by Gasteiger charge is -2.25. The molecule has 0 heteroatoms. The van der Waals surface area contributed by atoms with E-state index >= 15 is 0 Å². The highest BCUT2D eigenvalue weighted by molar-refractivity contribution is 5.86. The minimum absolute atomic E-state index is 0.460. The Bertz CT molecular complexity index is 925. The van der Waals surface area contributed by atoms with Crippen molar-refractivity contribution >= 4 is 5.57 Å². The van der Waals surface area contributed by atoms with Crippen molar-refractivity contribution in [1.29, 1.82) is 0 Å². The lowest BCUT2D eigenvalue weighted by atomic mass is 9.78. The smallest absolute Gasteiger partial charge is 0.0137 e. The maximum Gasteiger partial charge on any atom is 0.0137 e. The number of fused-ring (bicyclic) bond motifs is 1. The highest BCUT2D eigenvalue weighted by Gasteiger charge is 2.38. The van der Waals surface area contributed by atoms with Crippen molar-refractivity contribution in [2.45, 2.75) is 59.3 Å². The summed E-state index contributed by atoms with van der Waals surface area (Å²) in [5, 5.41) is 0. The van der Waals surface area contributed by atoms with Gasteiger partial charge < -0.3 is 0 Å². The zero-order valence-electron chi connectivity index (χ0n) is 17.8. The normalized spacial score (nSPS) is 19.4. The summed E-state index contributed by atoms with van der Waals surface area (Å²) < 4.78 is 0. The van der Waals surface area contributed by atoms with Gasteiger partial charge in [0.2, 0.25) is 0 Å². The van der Waals surface area contributed by atoms with E-state index in [1.165, 1.54) is 22.3 Å². The van der Waals surface area contributed by atoms with Gasteiger partial charge >= 0.3 is 0 Å². The van der Waals surface area contributed by atoms with Crippen LogP contribution < -0.4 is 0 Å². The first kappa shape index (κ1) is 19.0. The van der Waals surface area contributed by atoms with E-state index in [0.29, 0.717) is 11.8 Å². The Morgan fingerprint density at radius 1 is 0.643 bits per heavy atom. The predicted molar refractivity (Wildman–Crippen MR) is 121 cm³/mol. The van der Waals surface area contributed by atoms with Gasteiger partial charge in [0.15, 0.2) is 0 Å². The second-order valence-electron chi connectivity index (χ2n) is 7.96. The molecule has 144 valence electrons. The molecule has 2 aliphatic carbocycles. The van der Waals surface area contributed by atoms with E-state index in [2.05, 4.69) is 88.4 Å². The van der Waals surface area contributed by atoms with Crippen LogP contribution in [0.15, 0.2) is 83.0 Å². The van der Waals surface area contributed by atoms with Crippen LogP contribution in [0.4, 0.5) is 0 Å². The molecule has 0 saturated heterocycles. The number of rotatable bonds is 6. The fourth-order valence-electron chi connectivity index (χ4n) is 5.69. The molecule has 4 rings (SSSR count). The first-order valence-electron chi connectivity index (χ1n) is 11.1. The third-order valence-electron chi connectivity index (χ3n) is 6.76. The molecule has 1 atom stereocenters. The summed E-state index contributed by atoms with van der Waals surface area (Å²) in [6.45, 7) is 9.38. The fraction of sp³-hybridized carbons (Fsp3) is 0.357. The van der Waals surface area contributed by atoms with E-state index in [0.717, 1.165) is 25.7 Å². The first-order chi connectivity index (χ1) is 13.7. The monoisotopic (exact) mass is 368 g/mol. The van der Waals surface area contributed by atoms with Crippen molar-refractivity contribution in [3.05, 3.63) is 99.7 Å². The highest BCUT2D eigenvalue weighted by atomic mass is 14.4. The summed E-state index contributed by atoms with van der Waals surface area (Å²) in [6, 6.07) is 20.0. The molecule has 0 bridgehead atoms. The molecule has 0 nitrogen and oxygen atoms in total. The maximum absolute atomic E-state index is 2.57. The molecule has 0 fully saturated rings. The minimum atomic E-state index is 0.460. The molecule has 0 N–H and O–H groups in total. The van der Waals surface area contributed by atoms with Gasteiger partial charge in [-0.1, -0.05) is 99.5 Å². The first-order valence-corrected chi connectivity index (χ1v) is 11.1. The lowest BCUT2D eigenvalue weighted by Crippen LogP contribution is -2.13. The van der Waals surface area contributed by atoms with Crippen molar-refractivity contribution in [1.82, 2.24) is 0 Å². The Balaban J connectivity index is 1.89. The number of allylic oxidation sites excluding steroid dienone is 5. The molecule has 2 aliphatic rings. The second kappa shape index (κ2) is 7.95. The fourth-order valence-corrected chi connectivity index (χ4v) is 5.69. The molecule has 2 aromatic carbocycles. The Morgan fingerprint density at radius 2 is 1.21 bits per heavy atom. The number of hydrogen-bond acceptors (Lipinski definition) is 0. The van der Waals surface area contributed by atoms with Crippen LogP contribution in [-0.2, 0) is 0 Å². The van der Waals surface area contributed by atoms with Gasteiger partial charge in [0.25, 0.3) is 0 Å². The van der Waals surface area contributed by atoms with Crippen LogP contribution in [0.3, 0.4) is 0 Å². The maximum atomic E-state index is 2.57. The molecule has 0 saturated carbocycles. The average Bonchev–Trinajstić information content (AvgIpc) is 3.28. The summed E-state index contributed by atoms with van der Waals surface area (Å²) in [7, 11) is 0. The van der Waals surface area contributed by atoms with Crippen molar-refractivity contribution in [2.24, 2.45) is 5.92 Å². The van der Waals surface area contributed by atoms with Crippen LogP contribution in [0, 0.1) is 5.92 Å². The van der Waals surface area contributed by atoms with Crippen LogP contribution >= 0.6 is 0 Å². The molecule has 0 amide bonds. The molecule has 0 aliphatic heterocycles. The molecular weight excluding hydrogens is 336 g/mol. The molecule has 28 heavy (non-hydrogen) atoms. The summed E-state index contributed by atoms with van der Waals surface area (Å²) in [6.07, 6.45) is 7.22. The van der Waals surface area contributed by atoms with Crippen LogP contribution in [0.1, 0.15) is 76.0 Å². The number of hydrogen-bond donors (Lipinski definition) is 0. The Hall–Kier alpha value is -2.34. The molecule has 2 aromatic rings. The highest BCUT2D eigenvalue weighted by Crippen LogP contribution is 2.53. The zero-order valence-corrected chi connectivity index (χ0v) is 17.8. The predicted octanol–water partition coefficient (Wildman–Crippen LogP) is 8.08. The zero-order chi connectivity index (χ0) is 19.7. The Kier molecular flexibility index (Phi) is 5.40. The SMILES string of the molecule is CCC1=C(CC)C(C2C=C(c3ccccc3)c3ccccc32)C(CC)=C1CC. The van der Waals surface area contributed by atoms with E-state index < -0.39 is 0 Å². The van der Waals surface area contributed by atoms with Gasteiger partial charge in [-0.05, 0) is 59.1 Å². The molecule has 0 spiro atoms. The quantitative estimate of drug-likeness (QED) is 0.483.